The molecule has 0 amide bonds. The fourth-order valence-electron chi connectivity index (χ4n) is 3.55. The molecule has 4 rings (SSSR count). The molecule has 1 heterocycles. The standard InChI is InChI=1S/C19H21N/c1-2-6-14(7-3-1)16-12-19(20-13-16)18-9-5-4-8-17(18)15-10-11-15/h1-9,15-16,19-20H,10-13H2. The van der Waals surface area contributed by atoms with Gasteiger partial charge in [0.1, 0.15) is 0 Å². The molecule has 1 aliphatic carbocycles. The third-order valence-corrected chi connectivity index (χ3v) is 4.79. The fraction of sp³-hybridized carbons (Fsp3) is 0.368. The molecule has 2 unspecified atom stereocenters. The summed E-state index contributed by atoms with van der Waals surface area (Å²) in [5.74, 6) is 1.50. The second kappa shape index (κ2) is 5.06. The van der Waals surface area contributed by atoms with Crippen LogP contribution in [0, 0.1) is 0 Å². The molecule has 2 atom stereocenters. The Kier molecular flexibility index (Phi) is 3.08. The third kappa shape index (κ3) is 2.27. The molecule has 0 radical (unpaired) electrons. The lowest BCUT2D eigenvalue weighted by Gasteiger charge is -2.16. The van der Waals surface area contributed by atoms with Gasteiger partial charge < -0.3 is 5.32 Å². The van der Waals surface area contributed by atoms with Gasteiger partial charge in [0.25, 0.3) is 0 Å². The normalized spacial score (nSPS) is 25.8. The molecule has 1 N–H and O–H groups in total. The fourth-order valence-corrected chi connectivity index (χ4v) is 3.55. The molecule has 0 bridgehead atoms. The Morgan fingerprint density at radius 1 is 0.750 bits per heavy atom. The van der Waals surface area contributed by atoms with Crippen LogP contribution in [0.1, 0.15) is 53.8 Å². The topological polar surface area (TPSA) is 12.0 Å². The van der Waals surface area contributed by atoms with Crippen LogP contribution >= 0.6 is 0 Å². The highest BCUT2D eigenvalue weighted by molar-refractivity contribution is 5.37. The summed E-state index contributed by atoms with van der Waals surface area (Å²) in [5, 5.41) is 3.74. The Labute approximate surface area is 121 Å². The van der Waals surface area contributed by atoms with E-state index in [9.17, 15) is 0 Å². The van der Waals surface area contributed by atoms with Crippen molar-refractivity contribution in [2.75, 3.05) is 6.54 Å². The van der Waals surface area contributed by atoms with Gasteiger partial charge in [0.2, 0.25) is 0 Å². The lowest BCUT2D eigenvalue weighted by Crippen LogP contribution is -2.14. The van der Waals surface area contributed by atoms with Crippen molar-refractivity contribution in [2.24, 2.45) is 0 Å². The molecular formula is C19H21N. The van der Waals surface area contributed by atoms with E-state index in [-0.39, 0.29) is 0 Å². The van der Waals surface area contributed by atoms with Crippen molar-refractivity contribution < 1.29 is 0 Å². The second-order valence-electron chi connectivity index (χ2n) is 6.21. The molecule has 20 heavy (non-hydrogen) atoms. The van der Waals surface area contributed by atoms with Gasteiger partial charge in [-0.15, -0.1) is 0 Å². The average Bonchev–Trinajstić information content (AvgIpc) is 3.25. The van der Waals surface area contributed by atoms with E-state index in [4.69, 9.17) is 0 Å². The van der Waals surface area contributed by atoms with Crippen molar-refractivity contribution in [3.05, 3.63) is 71.3 Å². The minimum atomic E-state index is 0.539. The van der Waals surface area contributed by atoms with E-state index in [1.165, 1.54) is 24.8 Å². The van der Waals surface area contributed by atoms with Gasteiger partial charge >= 0.3 is 0 Å². The van der Waals surface area contributed by atoms with Crippen LogP contribution in [-0.2, 0) is 0 Å². The summed E-state index contributed by atoms with van der Waals surface area (Å²) >= 11 is 0. The van der Waals surface area contributed by atoms with Crippen molar-refractivity contribution in [3.63, 3.8) is 0 Å². The quantitative estimate of drug-likeness (QED) is 0.866. The van der Waals surface area contributed by atoms with Gasteiger partial charge in [-0.05, 0) is 47.8 Å². The molecule has 1 saturated carbocycles. The number of hydrogen-bond acceptors (Lipinski definition) is 1. The molecule has 0 spiro atoms. The maximum Gasteiger partial charge on any atom is 0.0329 e. The zero-order chi connectivity index (χ0) is 13.4. The van der Waals surface area contributed by atoms with Crippen molar-refractivity contribution >= 4 is 0 Å². The van der Waals surface area contributed by atoms with E-state index >= 15 is 0 Å². The van der Waals surface area contributed by atoms with Crippen LogP contribution in [0.5, 0.6) is 0 Å². The van der Waals surface area contributed by atoms with Gasteiger partial charge in [-0.3, -0.25) is 0 Å². The zero-order valence-corrected chi connectivity index (χ0v) is 11.8. The molecule has 2 aromatic rings. The van der Waals surface area contributed by atoms with Crippen LogP contribution in [0.25, 0.3) is 0 Å². The van der Waals surface area contributed by atoms with Gasteiger partial charge in [-0.2, -0.15) is 0 Å². The van der Waals surface area contributed by atoms with Crippen LogP contribution in [0.2, 0.25) is 0 Å². The molecule has 1 aliphatic heterocycles. The lowest BCUT2D eigenvalue weighted by molar-refractivity contribution is 0.634. The third-order valence-electron chi connectivity index (χ3n) is 4.79. The maximum atomic E-state index is 3.74. The first kappa shape index (κ1) is 12.2. The Hall–Kier alpha value is -1.60. The largest absolute Gasteiger partial charge is 0.309 e. The summed E-state index contributed by atoms with van der Waals surface area (Å²) in [7, 11) is 0. The molecule has 102 valence electrons. The SMILES string of the molecule is c1ccc(C2CNC(c3ccccc3C3CC3)C2)cc1. The smallest absolute Gasteiger partial charge is 0.0329 e. The molecule has 1 nitrogen and oxygen atoms in total. The monoisotopic (exact) mass is 263 g/mol. The van der Waals surface area contributed by atoms with E-state index in [0.717, 1.165) is 12.5 Å². The minimum Gasteiger partial charge on any atom is -0.309 e. The molecule has 1 saturated heterocycles. The van der Waals surface area contributed by atoms with Gasteiger partial charge in [0, 0.05) is 12.6 Å². The van der Waals surface area contributed by atoms with Crippen molar-refractivity contribution in [2.45, 2.75) is 37.1 Å². The number of nitrogens with one attached hydrogen (secondary N) is 1. The van der Waals surface area contributed by atoms with Crippen molar-refractivity contribution in [1.82, 2.24) is 5.32 Å². The first-order chi connectivity index (χ1) is 9.92. The summed E-state index contributed by atoms with van der Waals surface area (Å²) < 4.78 is 0. The van der Waals surface area contributed by atoms with E-state index in [0.29, 0.717) is 12.0 Å². The highest BCUT2D eigenvalue weighted by Crippen LogP contribution is 2.45. The molecule has 2 aromatic carbocycles. The van der Waals surface area contributed by atoms with Gasteiger partial charge in [-0.1, -0.05) is 54.6 Å². The van der Waals surface area contributed by atoms with Gasteiger partial charge in [0.05, 0.1) is 0 Å². The Morgan fingerprint density at radius 3 is 2.20 bits per heavy atom. The van der Waals surface area contributed by atoms with E-state index in [1.54, 1.807) is 11.1 Å². The van der Waals surface area contributed by atoms with Crippen LogP contribution in [0.4, 0.5) is 0 Å². The number of rotatable bonds is 3. The predicted molar refractivity (Wildman–Crippen MR) is 83.0 cm³/mol. The van der Waals surface area contributed by atoms with Gasteiger partial charge in [0.15, 0.2) is 0 Å². The zero-order valence-electron chi connectivity index (χ0n) is 11.8. The van der Waals surface area contributed by atoms with E-state index in [1.807, 2.05) is 0 Å². The van der Waals surface area contributed by atoms with Crippen molar-refractivity contribution in [1.29, 1.82) is 0 Å². The van der Waals surface area contributed by atoms with Crippen LogP contribution in [0.3, 0.4) is 0 Å². The summed E-state index contributed by atoms with van der Waals surface area (Å²) in [6.07, 6.45) is 3.99. The first-order valence-electron chi connectivity index (χ1n) is 7.79. The highest BCUT2D eigenvalue weighted by atomic mass is 14.9. The molecular weight excluding hydrogens is 242 g/mol. The highest BCUT2D eigenvalue weighted by Gasteiger charge is 2.32. The number of hydrogen-bond donors (Lipinski definition) is 1. The Morgan fingerprint density at radius 2 is 1.45 bits per heavy atom. The first-order valence-corrected chi connectivity index (χ1v) is 7.79. The minimum absolute atomic E-state index is 0.539. The summed E-state index contributed by atoms with van der Waals surface area (Å²) in [6.45, 7) is 1.10. The average molecular weight is 263 g/mol. The molecule has 2 aliphatic rings. The summed E-state index contributed by atoms with van der Waals surface area (Å²) in [4.78, 5) is 0. The van der Waals surface area contributed by atoms with Gasteiger partial charge in [-0.25, -0.2) is 0 Å². The van der Waals surface area contributed by atoms with Crippen LogP contribution in [-0.4, -0.2) is 6.54 Å². The molecule has 0 aromatic heterocycles. The maximum absolute atomic E-state index is 3.74. The number of benzene rings is 2. The summed E-state index contributed by atoms with van der Waals surface area (Å²) in [5.41, 5.74) is 4.62. The van der Waals surface area contributed by atoms with E-state index < -0.39 is 0 Å². The van der Waals surface area contributed by atoms with E-state index in [2.05, 4.69) is 59.9 Å². The second-order valence-corrected chi connectivity index (χ2v) is 6.21. The van der Waals surface area contributed by atoms with Crippen LogP contribution in [0.15, 0.2) is 54.6 Å². The summed E-state index contributed by atoms with van der Waals surface area (Å²) in [6, 6.07) is 20.5. The lowest BCUT2D eigenvalue weighted by atomic mass is 9.91. The van der Waals surface area contributed by atoms with Crippen molar-refractivity contribution in [3.8, 4) is 0 Å². The van der Waals surface area contributed by atoms with Crippen LogP contribution < -0.4 is 5.32 Å². The predicted octanol–water partition coefficient (Wildman–Crippen LogP) is 4.38. The Balaban J connectivity index is 1.57. The molecule has 1 heteroatoms. The Bertz CT molecular complexity index is 586. The molecule has 2 fully saturated rings.